The number of hydrogen-bond acceptors (Lipinski definition) is 5. The second-order valence-electron chi connectivity index (χ2n) is 7.35. The summed E-state index contributed by atoms with van der Waals surface area (Å²) in [6, 6.07) is 15.9. The number of para-hydroxylation sites is 1. The predicted molar refractivity (Wildman–Crippen MR) is 117 cm³/mol. The van der Waals surface area contributed by atoms with Crippen molar-refractivity contribution in [1.82, 2.24) is 25.3 Å². The van der Waals surface area contributed by atoms with E-state index in [1.165, 1.54) is 0 Å². The van der Waals surface area contributed by atoms with Crippen LogP contribution in [0, 0.1) is 13.8 Å². The molecule has 1 fully saturated rings. The summed E-state index contributed by atoms with van der Waals surface area (Å²) in [5, 5.41) is 12.1. The van der Waals surface area contributed by atoms with Crippen molar-refractivity contribution in [3.05, 3.63) is 65.5 Å². The summed E-state index contributed by atoms with van der Waals surface area (Å²) in [4.78, 5) is 28.5. The summed E-state index contributed by atoms with van der Waals surface area (Å²) < 4.78 is 0. The predicted octanol–water partition coefficient (Wildman–Crippen LogP) is 3.93. The number of hydrogen-bond donors (Lipinski definition) is 2. The molecule has 0 bridgehead atoms. The molecular weight excluding hydrogens is 398 g/mol. The minimum Gasteiger partial charge on any atom is -0.358 e. The highest BCUT2D eigenvalue weighted by Crippen LogP contribution is 2.34. The molecule has 1 saturated heterocycles. The van der Waals surface area contributed by atoms with Crippen LogP contribution in [0.5, 0.6) is 0 Å². The van der Waals surface area contributed by atoms with E-state index in [9.17, 15) is 9.59 Å². The summed E-state index contributed by atoms with van der Waals surface area (Å²) in [7, 11) is 0. The summed E-state index contributed by atoms with van der Waals surface area (Å²) in [5.41, 5.74) is 6.57. The fourth-order valence-electron chi connectivity index (χ4n) is 3.83. The van der Waals surface area contributed by atoms with E-state index >= 15 is 0 Å². The third-order valence-corrected chi connectivity index (χ3v) is 6.23. The molecule has 0 saturated carbocycles. The maximum atomic E-state index is 11.9. The molecule has 1 atom stereocenters. The second kappa shape index (κ2) is 7.14. The maximum Gasteiger partial charge on any atom is 0.286 e. The van der Waals surface area contributed by atoms with Gasteiger partial charge in [0, 0.05) is 22.2 Å². The van der Waals surface area contributed by atoms with E-state index in [1.54, 1.807) is 4.80 Å². The average molecular weight is 417 g/mol. The largest absolute Gasteiger partial charge is 0.358 e. The Hall–Kier alpha value is -3.39. The normalized spacial score (nSPS) is 16.4. The Bertz CT molecular complexity index is 1290. The number of rotatable bonds is 4. The molecule has 30 heavy (non-hydrogen) atoms. The number of nitrogens with one attached hydrogen (secondary N) is 2. The van der Waals surface area contributed by atoms with Crippen molar-refractivity contribution in [3.8, 4) is 16.9 Å². The van der Waals surface area contributed by atoms with E-state index in [2.05, 4.69) is 21.5 Å². The van der Waals surface area contributed by atoms with E-state index in [4.69, 9.17) is 5.10 Å². The van der Waals surface area contributed by atoms with Crippen molar-refractivity contribution >= 4 is 33.8 Å². The van der Waals surface area contributed by atoms with E-state index in [-0.39, 0.29) is 16.4 Å². The lowest BCUT2D eigenvalue weighted by molar-refractivity contribution is -0.118. The van der Waals surface area contributed by atoms with Gasteiger partial charge in [0.05, 0.1) is 16.6 Å². The zero-order chi connectivity index (χ0) is 20.8. The number of carbonyl (C=O) groups excluding carboxylic acids is 2. The van der Waals surface area contributed by atoms with Crippen molar-refractivity contribution in [3.63, 3.8) is 0 Å². The van der Waals surface area contributed by atoms with E-state index in [0.717, 1.165) is 56.6 Å². The summed E-state index contributed by atoms with van der Waals surface area (Å²) >= 11 is 1.05. The van der Waals surface area contributed by atoms with Crippen molar-refractivity contribution in [2.24, 2.45) is 0 Å². The number of carbonyl (C=O) groups is 2. The number of fused-ring (bicyclic) bond motifs is 1. The lowest BCUT2D eigenvalue weighted by Gasteiger charge is -2.06. The lowest BCUT2D eigenvalue weighted by atomic mass is 10.0. The van der Waals surface area contributed by atoms with Crippen molar-refractivity contribution < 1.29 is 9.59 Å². The first kappa shape index (κ1) is 18.6. The highest BCUT2D eigenvalue weighted by molar-refractivity contribution is 8.15. The van der Waals surface area contributed by atoms with Crippen LogP contribution in [-0.2, 0) is 11.2 Å². The van der Waals surface area contributed by atoms with Gasteiger partial charge in [-0.15, -0.1) is 5.10 Å². The topological polar surface area (TPSA) is 92.7 Å². The first-order valence-corrected chi connectivity index (χ1v) is 10.5. The van der Waals surface area contributed by atoms with Crippen LogP contribution in [0.2, 0.25) is 0 Å². The van der Waals surface area contributed by atoms with E-state index in [0.29, 0.717) is 6.42 Å². The molecular formula is C22H19N5O2S. The van der Waals surface area contributed by atoms with Crippen LogP contribution < -0.4 is 5.32 Å². The molecule has 4 aromatic rings. The first-order chi connectivity index (χ1) is 14.5. The van der Waals surface area contributed by atoms with Gasteiger partial charge in [0.2, 0.25) is 5.91 Å². The number of amides is 2. The second-order valence-corrected chi connectivity index (χ2v) is 8.53. The van der Waals surface area contributed by atoms with Crippen LogP contribution >= 0.6 is 11.8 Å². The quantitative estimate of drug-likeness (QED) is 0.525. The van der Waals surface area contributed by atoms with Gasteiger partial charge in [-0.05, 0) is 50.1 Å². The zero-order valence-corrected chi connectivity index (χ0v) is 17.3. The molecule has 0 spiro atoms. The Kier molecular flexibility index (Phi) is 4.43. The molecule has 1 aliphatic heterocycles. The Balaban J connectivity index is 1.56. The molecule has 7 nitrogen and oxygen atoms in total. The molecule has 8 heteroatoms. The van der Waals surface area contributed by atoms with Gasteiger partial charge in [-0.3, -0.25) is 14.9 Å². The minimum atomic E-state index is -0.390. The van der Waals surface area contributed by atoms with Crippen molar-refractivity contribution in [2.75, 3.05) is 0 Å². The molecule has 5 rings (SSSR count). The molecule has 0 aliphatic carbocycles. The van der Waals surface area contributed by atoms with Gasteiger partial charge in [0.25, 0.3) is 5.24 Å². The molecule has 2 N–H and O–H groups in total. The third kappa shape index (κ3) is 3.19. The molecule has 2 aromatic heterocycles. The zero-order valence-electron chi connectivity index (χ0n) is 16.5. The number of nitrogens with zero attached hydrogens (tertiary/aromatic N) is 3. The fraction of sp³-hybridized carbons (Fsp3) is 0.182. The molecule has 2 aromatic carbocycles. The number of benzene rings is 2. The standard InChI is InChI=1S/C22H19N5O2S/c1-12-19(20-13(2)25-27(26-20)15-6-4-3-5-7-15)16-10-14(8-9-17(16)23-12)11-18-21(28)24-22(29)30-18/h3-10,18,23H,11H2,1-2H3,(H,24,28,29). The molecule has 1 unspecified atom stereocenters. The Morgan fingerprint density at radius 2 is 1.87 bits per heavy atom. The highest BCUT2D eigenvalue weighted by atomic mass is 32.2. The van der Waals surface area contributed by atoms with E-state index in [1.807, 2.05) is 56.3 Å². The lowest BCUT2D eigenvalue weighted by Crippen LogP contribution is -2.25. The Labute approximate surface area is 176 Å². The SMILES string of the molecule is Cc1nn(-c2ccccc2)nc1-c1c(C)[nH]c2ccc(CC3SC(=O)NC3=O)cc12. The average Bonchev–Trinajstić information content (AvgIpc) is 3.36. The number of H-pyrrole nitrogens is 1. The molecule has 3 heterocycles. The number of aromatic nitrogens is 4. The number of imide groups is 1. The fourth-order valence-corrected chi connectivity index (χ4v) is 4.69. The first-order valence-electron chi connectivity index (χ1n) is 9.62. The monoisotopic (exact) mass is 417 g/mol. The number of thioether (sulfide) groups is 1. The van der Waals surface area contributed by atoms with Gasteiger partial charge < -0.3 is 4.98 Å². The van der Waals surface area contributed by atoms with Gasteiger partial charge in [0.15, 0.2) is 0 Å². The van der Waals surface area contributed by atoms with Gasteiger partial charge in [-0.2, -0.15) is 9.90 Å². The molecule has 0 radical (unpaired) electrons. The van der Waals surface area contributed by atoms with Crippen LogP contribution in [0.25, 0.3) is 27.8 Å². The summed E-state index contributed by atoms with van der Waals surface area (Å²) in [5.74, 6) is -0.225. The van der Waals surface area contributed by atoms with Crippen molar-refractivity contribution in [1.29, 1.82) is 0 Å². The smallest absolute Gasteiger partial charge is 0.286 e. The number of aromatic amines is 1. The third-order valence-electron chi connectivity index (χ3n) is 5.24. The van der Waals surface area contributed by atoms with E-state index < -0.39 is 0 Å². The minimum absolute atomic E-state index is 0.225. The van der Waals surface area contributed by atoms with Gasteiger partial charge >= 0.3 is 0 Å². The van der Waals surface area contributed by atoms with Gasteiger partial charge in [-0.25, -0.2) is 0 Å². The summed E-state index contributed by atoms with van der Waals surface area (Å²) in [6.07, 6.45) is 0.498. The molecule has 1 aliphatic rings. The summed E-state index contributed by atoms with van der Waals surface area (Å²) in [6.45, 7) is 3.98. The van der Waals surface area contributed by atoms with Gasteiger partial charge in [0.1, 0.15) is 5.69 Å². The van der Waals surface area contributed by atoms with Crippen LogP contribution in [0.4, 0.5) is 4.79 Å². The van der Waals surface area contributed by atoms with Crippen LogP contribution in [-0.4, -0.2) is 36.4 Å². The van der Waals surface area contributed by atoms with Crippen LogP contribution in [0.1, 0.15) is 17.0 Å². The maximum absolute atomic E-state index is 11.9. The van der Waals surface area contributed by atoms with Crippen LogP contribution in [0.15, 0.2) is 48.5 Å². The molecule has 150 valence electrons. The molecule has 2 amide bonds. The highest BCUT2D eigenvalue weighted by Gasteiger charge is 2.31. The van der Waals surface area contributed by atoms with Gasteiger partial charge in [-0.1, -0.05) is 36.0 Å². The van der Waals surface area contributed by atoms with Crippen LogP contribution in [0.3, 0.4) is 0 Å². The Morgan fingerprint density at radius 3 is 2.60 bits per heavy atom. The number of aryl methyl sites for hydroxylation is 2. The van der Waals surface area contributed by atoms with Crippen molar-refractivity contribution in [2.45, 2.75) is 25.5 Å². The Morgan fingerprint density at radius 1 is 1.07 bits per heavy atom.